The molecule has 0 fully saturated rings. The van der Waals surface area contributed by atoms with Gasteiger partial charge in [0, 0.05) is 24.3 Å². The minimum atomic E-state index is -0.126. The first-order chi connectivity index (χ1) is 13.1. The Hall–Kier alpha value is -2.85. The molecule has 1 aromatic heterocycles. The molecule has 0 radical (unpaired) electrons. The summed E-state index contributed by atoms with van der Waals surface area (Å²) in [6.45, 7) is 3.30. The zero-order chi connectivity index (χ0) is 19.1. The van der Waals surface area contributed by atoms with Crippen LogP contribution in [0.1, 0.15) is 27.0 Å². The number of amides is 1. The molecule has 0 unspecified atom stereocenters. The van der Waals surface area contributed by atoms with Crippen molar-refractivity contribution in [2.24, 2.45) is 0 Å². The highest BCUT2D eigenvalue weighted by Crippen LogP contribution is 2.11. The first kappa shape index (κ1) is 18.9. The van der Waals surface area contributed by atoms with Crippen molar-refractivity contribution in [3.63, 3.8) is 0 Å². The average molecular weight is 380 g/mol. The highest BCUT2D eigenvalue weighted by Gasteiger charge is 2.07. The van der Waals surface area contributed by atoms with Gasteiger partial charge < -0.3 is 10.6 Å². The van der Waals surface area contributed by atoms with Gasteiger partial charge in [0.15, 0.2) is 0 Å². The Kier molecular flexibility index (Phi) is 6.44. The van der Waals surface area contributed by atoms with E-state index in [0.29, 0.717) is 12.1 Å². The van der Waals surface area contributed by atoms with Crippen molar-refractivity contribution < 1.29 is 4.79 Å². The van der Waals surface area contributed by atoms with Crippen LogP contribution in [0.25, 0.3) is 0 Å². The Labute approximate surface area is 164 Å². The minimum absolute atomic E-state index is 0.126. The third-order valence-corrected chi connectivity index (χ3v) is 4.61. The van der Waals surface area contributed by atoms with Crippen LogP contribution in [0.5, 0.6) is 0 Å². The zero-order valence-corrected chi connectivity index (χ0v) is 16.0. The summed E-state index contributed by atoms with van der Waals surface area (Å²) in [4.78, 5) is 16.6. The Morgan fingerprint density at radius 2 is 1.81 bits per heavy atom. The SMILES string of the molecule is Cc1ccccc1CNC(=O)c1ccc(NCCc2ccc(Cl)cc2)nc1. The number of halogens is 1. The van der Waals surface area contributed by atoms with E-state index in [1.807, 2.05) is 61.5 Å². The number of anilines is 1. The van der Waals surface area contributed by atoms with E-state index in [2.05, 4.69) is 15.6 Å². The second-order valence-electron chi connectivity index (χ2n) is 6.34. The molecule has 0 aliphatic carbocycles. The summed E-state index contributed by atoms with van der Waals surface area (Å²) in [6, 6.07) is 19.4. The number of nitrogens with one attached hydrogen (secondary N) is 2. The second kappa shape index (κ2) is 9.19. The number of pyridine rings is 1. The number of nitrogens with zero attached hydrogens (tertiary/aromatic N) is 1. The van der Waals surface area contributed by atoms with Crippen molar-refractivity contribution in [2.75, 3.05) is 11.9 Å². The molecular formula is C22H22ClN3O. The first-order valence-electron chi connectivity index (χ1n) is 8.89. The maximum absolute atomic E-state index is 12.3. The fourth-order valence-electron chi connectivity index (χ4n) is 2.70. The Balaban J connectivity index is 1.48. The van der Waals surface area contributed by atoms with Crippen LogP contribution in [0, 0.1) is 6.92 Å². The number of aromatic nitrogens is 1. The summed E-state index contributed by atoms with van der Waals surface area (Å²) in [5.41, 5.74) is 4.03. The number of hydrogen-bond donors (Lipinski definition) is 2. The monoisotopic (exact) mass is 379 g/mol. The Morgan fingerprint density at radius 3 is 2.52 bits per heavy atom. The van der Waals surface area contributed by atoms with Crippen molar-refractivity contribution in [1.29, 1.82) is 0 Å². The van der Waals surface area contributed by atoms with Crippen molar-refractivity contribution >= 4 is 23.3 Å². The molecule has 0 bridgehead atoms. The lowest BCUT2D eigenvalue weighted by Crippen LogP contribution is -2.23. The van der Waals surface area contributed by atoms with E-state index < -0.39 is 0 Å². The van der Waals surface area contributed by atoms with Gasteiger partial charge in [-0.3, -0.25) is 4.79 Å². The molecule has 3 rings (SSSR count). The van der Waals surface area contributed by atoms with Gasteiger partial charge in [0.05, 0.1) is 5.56 Å². The molecule has 4 nitrogen and oxygen atoms in total. The first-order valence-corrected chi connectivity index (χ1v) is 9.27. The summed E-state index contributed by atoms with van der Waals surface area (Å²) in [5.74, 6) is 0.623. The van der Waals surface area contributed by atoms with Crippen LogP contribution in [0.2, 0.25) is 5.02 Å². The molecule has 2 aromatic carbocycles. The lowest BCUT2D eigenvalue weighted by Gasteiger charge is -2.09. The smallest absolute Gasteiger partial charge is 0.253 e. The third-order valence-electron chi connectivity index (χ3n) is 4.36. The van der Waals surface area contributed by atoms with Gasteiger partial charge in [-0.05, 0) is 54.3 Å². The molecule has 1 heterocycles. The fraction of sp³-hybridized carbons (Fsp3) is 0.182. The van der Waals surface area contributed by atoms with Gasteiger partial charge in [-0.2, -0.15) is 0 Å². The van der Waals surface area contributed by atoms with Gasteiger partial charge >= 0.3 is 0 Å². The maximum atomic E-state index is 12.3. The maximum Gasteiger partial charge on any atom is 0.253 e. The van der Waals surface area contributed by atoms with Gasteiger partial charge in [-0.15, -0.1) is 0 Å². The number of aryl methyl sites for hydroxylation is 1. The van der Waals surface area contributed by atoms with Crippen molar-refractivity contribution in [3.8, 4) is 0 Å². The number of benzene rings is 2. The van der Waals surface area contributed by atoms with Crippen molar-refractivity contribution in [2.45, 2.75) is 19.9 Å². The number of carbonyl (C=O) groups excluding carboxylic acids is 1. The number of hydrogen-bond acceptors (Lipinski definition) is 3. The molecule has 27 heavy (non-hydrogen) atoms. The molecule has 138 valence electrons. The second-order valence-corrected chi connectivity index (χ2v) is 6.78. The summed E-state index contributed by atoms with van der Waals surface area (Å²) in [6.07, 6.45) is 2.47. The Bertz CT molecular complexity index is 892. The van der Waals surface area contributed by atoms with Crippen LogP contribution in [0.3, 0.4) is 0 Å². The molecule has 0 aliphatic heterocycles. The van der Waals surface area contributed by atoms with Gasteiger partial charge in [-0.1, -0.05) is 48.0 Å². The summed E-state index contributed by atoms with van der Waals surface area (Å²) in [5, 5.41) is 6.94. The topological polar surface area (TPSA) is 54.0 Å². The van der Waals surface area contributed by atoms with Crippen LogP contribution >= 0.6 is 11.6 Å². The van der Waals surface area contributed by atoms with Crippen LogP contribution < -0.4 is 10.6 Å². The van der Waals surface area contributed by atoms with E-state index in [-0.39, 0.29) is 5.91 Å². The van der Waals surface area contributed by atoms with Crippen LogP contribution in [0.15, 0.2) is 66.9 Å². The van der Waals surface area contributed by atoms with E-state index in [1.54, 1.807) is 12.3 Å². The van der Waals surface area contributed by atoms with Crippen molar-refractivity contribution in [3.05, 3.63) is 94.1 Å². The molecule has 0 spiro atoms. The zero-order valence-electron chi connectivity index (χ0n) is 15.2. The fourth-order valence-corrected chi connectivity index (χ4v) is 2.83. The highest BCUT2D eigenvalue weighted by molar-refractivity contribution is 6.30. The quantitative estimate of drug-likeness (QED) is 0.629. The third kappa shape index (κ3) is 5.56. The molecule has 0 saturated carbocycles. The number of rotatable bonds is 7. The molecular weight excluding hydrogens is 358 g/mol. The van der Waals surface area contributed by atoms with E-state index in [0.717, 1.165) is 34.9 Å². The largest absolute Gasteiger partial charge is 0.370 e. The minimum Gasteiger partial charge on any atom is -0.370 e. The molecule has 3 aromatic rings. The normalized spacial score (nSPS) is 10.4. The molecule has 0 saturated heterocycles. The Morgan fingerprint density at radius 1 is 1.04 bits per heavy atom. The van der Waals surface area contributed by atoms with E-state index >= 15 is 0 Å². The van der Waals surface area contributed by atoms with E-state index in [4.69, 9.17) is 11.6 Å². The molecule has 0 atom stereocenters. The van der Waals surface area contributed by atoms with Crippen LogP contribution in [0.4, 0.5) is 5.82 Å². The summed E-state index contributed by atoms with van der Waals surface area (Å²) >= 11 is 5.89. The average Bonchev–Trinajstić information content (AvgIpc) is 2.69. The molecule has 5 heteroatoms. The predicted octanol–water partition coefficient (Wildman–Crippen LogP) is 4.63. The van der Waals surface area contributed by atoms with Crippen LogP contribution in [-0.4, -0.2) is 17.4 Å². The molecule has 2 N–H and O–H groups in total. The van der Waals surface area contributed by atoms with Gasteiger partial charge in [0.2, 0.25) is 0 Å². The van der Waals surface area contributed by atoms with Crippen molar-refractivity contribution in [1.82, 2.24) is 10.3 Å². The predicted molar refractivity (Wildman–Crippen MR) is 110 cm³/mol. The summed E-state index contributed by atoms with van der Waals surface area (Å²) < 4.78 is 0. The van der Waals surface area contributed by atoms with Crippen LogP contribution in [-0.2, 0) is 13.0 Å². The van der Waals surface area contributed by atoms with Gasteiger partial charge in [-0.25, -0.2) is 4.98 Å². The molecule has 1 amide bonds. The number of carbonyl (C=O) groups is 1. The standard InChI is InChI=1S/C22H22ClN3O/c1-16-4-2-3-5-18(16)14-26-22(27)19-8-11-21(25-15-19)24-13-12-17-6-9-20(23)10-7-17/h2-11,15H,12-14H2,1H3,(H,24,25)(H,26,27). The highest BCUT2D eigenvalue weighted by atomic mass is 35.5. The van der Waals surface area contributed by atoms with Gasteiger partial charge in [0.25, 0.3) is 5.91 Å². The molecule has 0 aliphatic rings. The van der Waals surface area contributed by atoms with E-state index in [9.17, 15) is 4.79 Å². The van der Waals surface area contributed by atoms with Gasteiger partial charge in [0.1, 0.15) is 5.82 Å². The van der Waals surface area contributed by atoms with E-state index in [1.165, 1.54) is 5.56 Å². The lowest BCUT2D eigenvalue weighted by atomic mass is 10.1. The summed E-state index contributed by atoms with van der Waals surface area (Å²) in [7, 11) is 0. The lowest BCUT2D eigenvalue weighted by molar-refractivity contribution is 0.0950.